The van der Waals surface area contributed by atoms with E-state index in [1.54, 1.807) is 0 Å². The summed E-state index contributed by atoms with van der Waals surface area (Å²) in [5.41, 5.74) is 10.6. The third-order valence-corrected chi connectivity index (χ3v) is 5.66. The van der Waals surface area contributed by atoms with Crippen molar-refractivity contribution in [2.24, 2.45) is 5.73 Å². The summed E-state index contributed by atoms with van der Waals surface area (Å²) < 4.78 is 37.1. The van der Waals surface area contributed by atoms with Gasteiger partial charge in [-0.3, -0.25) is 4.79 Å². The van der Waals surface area contributed by atoms with Crippen molar-refractivity contribution in [2.45, 2.75) is 18.1 Å². The second-order valence-corrected chi connectivity index (χ2v) is 7.20. The summed E-state index contributed by atoms with van der Waals surface area (Å²) in [6.45, 7) is 0.0986. The lowest BCUT2D eigenvalue weighted by Gasteiger charge is -2.14. The van der Waals surface area contributed by atoms with Gasteiger partial charge in [0, 0.05) is 12.2 Å². The second-order valence-electron chi connectivity index (χ2n) is 4.80. The molecule has 0 bridgehead atoms. The van der Waals surface area contributed by atoms with Crippen molar-refractivity contribution in [3.05, 3.63) is 23.5 Å². The number of hydrogen-bond acceptors (Lipinski definition) is 5. The minimum atomic E-state index is -3.11. The Hall–Kier alpha value is -1.83. The summed E-state index contributed by atoms with van der Waals surface area (Å²) in [4.78, 5) is 11.1. The SMILES string of the molecule is NC(=O)c1cc(NCC2CCCS2(=O)=O)c(F)cc1N. The molecule has 0 aliphatic carbocycles. The van der Waals surface area contributed by atoms with Crippen LogP contribution in [0, 0.1) is 5.82 Å². The average Bonchev–Trinajstić information content (AvgIpc) is 2.67. The zero-order chi connectivity index (χ0) is 14.9. The Kier molecular flexibility index (Phi) is 3.85. The van der Waals surface area contributed by atoms with E-state index >= 15 is 0 Å². The van der Waals surface area contributed by atoms with Crippen molar-refractivity contribution < 1.29 is 17.6 Å². The van der Waals surface area contributed by atoms with Crippen molar-refractivity contribution in [1.29, 1.82) is 0 Å². The van der Waals surface area contributed by atoms with Gasteiger partial charge in [-0.2, -0.15) is 0 Å². The first-order chi connectivity index (χ1) is 9.31. The van der Waals surface area contributed by atoms with Crippen LogP contribution in [0.25, 0.3) is 0 Å². The number of nitrogen functional groups attached to an aromatic ring is 1. The number of primary amides is 1. The normalized spacial score (nSPS) is 20.8. The van der Waals surface area contributed by atoms with Crippen LogP contribution in [0.5, 0.6) is 0 Å². The molecule has 2 rings (SSSR count). The van der Waals surface area contributed by atoms with Crippen molar-refractivity contribution in [1.82, 2.24) is 0 Å². The highest BCUT2D eigenvalue weighted by molar-refractivity contribution is 7.92. The lowest BCUT2D eigenvalue weighted by Crippen LogP contribution is -2.25. The van der Waals surface area contributed by atoms with Crippen molar-refractivity contribution >= 4 is 27.1 Å². The van der Waals surface area contributed by atoms with Crippen LogP contribution in [0.4, 0.5) is 15.8 Å². The fraction of sp³-hybridized carbons (Fsp3) is 0.417. The lowest BCUT2D eigenvalue weighted by atomic mass is 10.1. The van der Waals surface area contributed by atoms with Crippen molar-refractivity contribution in [3.8, 4) is 0 Å². The Morgan fingerprint density at radius 1 is 1.45 bits per heavy atom. The Morgan fingerprint density at radius 3 is 2.70 bits per heavy atom. The second kappa shape index (κ2) is 5.28. The molecule has 0 aromatic heterocycles. The van der Waals surface area contributed by atoms with Crippen LogP contribution in [-0.4, -0.2) is 31.9 Å². The molecule has 0 spiro atoms. The molecule has 1 heterocycles. The topological polar surface area (TPSA) is 115 Å². The number of carbonyl (C=O) groups excluding carboxylic acids is 1. The number of hydrogen-bond donors (Lipinski definition) is 3. The highest BCUT2D eigenvalue weighted by Crippen LogP contribution is 2.24. The van der Waals surface area contributed by atoms with Gasteiger partial charge >= 0.3 is 0 Å². The van der Waals surface area contributed by atoms with Crippen LogP contribution in [0.2, 0.25) is 0 Å². The van der Waals surface area contributed by atoms with Gasteiger partial charge < -0.3 is 16.8 Å². The number of amides is 1. The van der Waals surface area contributed by atoms with E-state index < -0.39 is 26.8 Å². The number of halogens is 1. The molecule has 1 fully saturated rings. The molecule has 1 aromatic carbocycles. The summed E-state index contributed by atoms with van der Waals surface area (Å²) >= 11 is 0. The van der Waals surface area contributed by atoms with Gasteiger partial charge in [-0.1, -0.05) is 0 Å². The third kappa shape index (κ3) is 2.84. The van der Waals surface area contributed by atoms with E-state index in [0.717, 1.165) is 6.07 Å². The Balaban J connectivity index is 2.18. The van der Waals surface area contributed by atoms with Crippen LogP contribution < -0.4 is 16.8 Å². The first kappa shape index (κ1) is 14.6. The molecule has 1 unspecified atom stereocenters. The summed E-state index contributed by atoms with van der Waals surface area (Å²) in [7, 11) is -3.11. The number of carbonyl (C=O) groups is 1. The van der Waals surface area contributed by atoms with E-state index in [9.17, 15) is 17.6 Å². The van der Waals surface area contributed by atoms with E-state index in [1.807, 2.05) is 0 Å². The predicted molar refractivity (Wildman–Crippen MR) is 74.6 cm³/mol. The maximum atomic E-state index is 13.7. The van der Waals surface area contributed by atoms with Gasteiger partial charge in [-0.05, 0) is 25.0 Å². The fourth-order valence-electron chi connectivity index (χ4n) is 2.25. The van der Waals surface area contributed by atoms with Crippen LogP contribution in [-0.2, 0) is 9.84 Å². The third-order valence-electron chi connectivity index (χ3n) is 3.39. The lowest BCUT2D eigenvalue weighted by molar-refractivity contribution is 0.100. The molecule has 5 N–H and O–H groups in total. The maximum Gasteiger partial charge on any atom is 0.250 e. The summed E-state index contributed by atoms with van der Waals surface area (Å²) in [6, 6.07) is 2.19. The first-order valence-corrected chi connectivity index (χ1v) is 7.87. The van der Waals surface area contributed by atoms with Crippen LogP contribution in [0.3, 0.4) is 0 Å². The Morgan fingerprint density at radius 2 is 2.15 bits per heavy atom. The molecule has 1 atom stereocenters. The van der Waals surface area contributed by atoms with Gasteiger partial charge in [0.25, 0.3) is 5.91 Å². The van der Waals surface area contributed by atoms with Gasteiger partial charge in [0.2, 0.25) is 0 Å². The molecule has 0 radical (unpaired) electrons. The number of benzene rings is 1. The standard InChI is InChI=1S/C12H16FN3O3S/c13-9-5-10(14)8(12(15)17)4-11(9)16-6-7-2-1-3-20(7,18)19/h4-5,7,16H,1-3,6,14H2,(H2,15,17). The number of nitrogens with one attached hydrogen (secondary N) is 1. The molecule has 6 nitrogen and oxygen atoms in total. The predicted octanol–water partition coefficient (Wildman–Crippen LogP) is 0.496. The molecule has 1 amide bonds. The minimum Gasteiger partial charge on any atom is -0.398 e. The van der Waals surface area contributed by atoms with E-state index in [1.165, 1.54) is 6.07 Å². The summed E-state index contributed by atoms with van der Waals surface area (Å²) in [5, 5.41) is 2.18. The molecule has 20 heavy (non-hydrogen) atoms. The van der Waals surface area contributed by atoms with Gasteiger partial charge in [0.1, 0.15) is 5.82 Å². The van der Waals surface area contributed by atoms with Crippen LogP contribution in [0.1, 0.15) is 23.2 Å². The average molecular weight is 301 g/mol. The molecule has 1 aliphatic heterocycles. The molecular formula is C12H16FN3O3S. The van der Waals surface area contributed by atoms with Crippen LogP contribution >= 0.6 is 0 Å². The Labute approximate surface area is 116 Å². The number of anilines is 2. The fourth-order valence-corrected chi connectivity index (χ4v) is 4.01. The highest BCUT2D eigenvalue weighted by atomic mass is 32.2. The quantitative estimate of drug-likeness (QED) is 0.700. The van der Waals surface area contributed by atoms with Gasteiger partial charge in [0.05, 0.1) is 22.3 Å². The molecule has 1 aliphatic rings. The maximum absolute atomic E-state index is 13.7. The smallest absolute Gasteiger partial charge is 0.250 e. The van der Waals surface area contributed by atoms with Crippen LogP contribution in [0.15, 0.2) is 12.1 Å². The zero-order valence-corrected chi connectivity index (χ0v) is 11.5. The minimum absolute atomic E-state index is 0.00294. The van der Waals surface area contributed by atoms with E-state index in [2.05, 4.69) is 5.32 Å². The van der Waals surface area contributed by atoms with Crippen molar-refractivity contribution in [2.75, 3.05) is 23.3 Å². The van der Waals surface area contributed by atoms with E-state index in [-0.39, 0.29) is 29.2 Å². The van der Waals surface area contributed by atoms with E-state index in [0.29, 0.717) is 12.8 Å². The molecule has 8 heteroatoms. The molecular weight excluding hydrogens is 285 g/mol. The number of rotatable bonds is 4. The van der Waals surface area contributed by atoms with E-state index in [4.69, 9.17) is 11.5 Å². The van der Waals surface area contributed by atoms with Crippen molar-refractivity contribution in [3.63, 3.8) is 0 Å². The number of sulfone groups is 1. The molecule has 1 aromatic rings. The molecule has 0 saturated carbocycles. The zero-order valence-electron chi connectivity index (χ0n) is 10.7. The molecule has 1 saturated heterocycles. The van der Waals surface area contributed by atoms with Gasteiger partial charge in [-0.25, -0.2) is 12.8 Å². The monoisotopic (exact) mass is 301 g/mol. The van der Waals surface area contributed by atoms with Gasteiger partial charge in [-0.15, -0.1) is 0 Å². The number of nitrogens with two attached hydrogens (primary N) is 2. The summed E-state index contributed by atoms with van der Waals surface area (Å²) in [6.07, 6.45) is 1.17. The molecule has 110 valence electrons. The Bertz CT molecular complexity index is 646. The largest absolute Gasteiger partial charge is 0.398 e. The first-order valence-electron chi connectivity index (χ1n) is 6.15. The highest BCUT2D eigenvalue weighted by Gasteiger charge is 2.31. The van der Waals surface area contributed by atoms with Gasteiger partial charge in [0.15, 0.2) is 9.84 Å². The summed E-state index contributed by atoms with van der Waals surface area (Å²) in [5.74, 6) is -1.25.